The van der Waals surface area contributed by atoms with Gasteiger partial charge in [-0.3, -0.25) is 4.79 Å². The first kappa shape index (κ1) is 16.5. The second kappa shape index (κ2) is 7.45. The van der Waals surface area contributed by atoms with E-state index in [0.717, 1.165) is 30.4 Å². The van der Waals surface area contributed by atoms with Crippen LogP contribution in [-0.4, -0.2) is 18.5 Å². The molecule has 0 bridgehead atoms. The zero-order valence-corrected chi connectivity index (χ0v) is 14.3. The summed E-state index contributed by atoms with van der Waals surface area (Å²) in [6, 6.07) is 9.61. The number of esters is 1. The molecule has 0 saturated carbocycles. The average Bonchev–Trinajstić information content (AvgIpc) is 3.14. The number of aryl methyl sites for hydroxylation is 1. The molecule has 0 unspecified atom stereocenters. The van der Waals surface area contributed by atoms with Gasteiger partial charge in [-0.2, -0.15) is 0 Å². The number of hydrogen-bond acceptors (Lipinski definition) is 4. The molecule has 0 saturated heterocycles. The number of rotatable bonds is 5. The normalized spacial score (nSPS) is 13.0. The maximum Gasteiger partial charge on any atom is 0.341 e. The molecule has 1 amide bonds. The summed E-state index contributed by atoms with van der Waals surface area (Å²) < 4.78 is 5.16. The van der Waals surface area contributed by atoms with E-state index in [0.29, 0.717) is 17.2 Å². The largest absolute Gasteiger partial charge is 0.462 e. The molecule has 124 valence electrons. The van der Waals surface area contributed by atoms with E-state index in [1.165, 1.54) is 22.3 Å². The summed E-state index contributed by atoms with van der Waals surface area (Å²) in [5.74, 6) is -0.594. The van der Waals surface area contributed by atoms with Gasteiger partial charge in [-0.1, -0.05) is 30.3 Å². The highest BCUT2D eigenvalue weighted by Gasteiger charge is 2.27. The van der Waals surface area contributed by atoms with Crippen molar-refractivity contribution in [3.63, 3.8) is 0 Å². The summed E-state index contributed by atoms with van der Waals surface area (Å²) in [5.41, 5.74) is 2.53. The number of ether oxygens (including phenoxy) is 1. The summed E-state index contributed by atoms with van der Waals surface area (Å²) in [7, 11) is 0. The highest BCUT2D eigenvalue weighted by atomic mass is 32.1. The number of nitrogens with one attached hydrogen (secondary N) is 1. The summed E-state index contributed by atoms with van der Waals surface area (Å²) in [6.45, 7) is 2.11. The number of fused-ring (bicyclic) bond motifs is 1. The Kier molecular flexibility index (Phi) is 5.11. The lowest BCUT2D eigenvalue weighted by molar-refractivity contribution is -0.111. The first-order valence-corrected chi connectivity index (χ1v) is 8.86. The monoisotopic (exact) mass is 341 g/mol. The zero-order valence-electron chi connectivity index (χ0n) is 13.5. The van der Waals surface area contributed by atoms with Gasteiger partial charge in [-0.25, -0.2) is 4.79 Å². The standard InChI is InChI=1S/C19H19NO3S/c1-2-23-19(22)17-14-9-6-10-15(14)24-18(17)20-16(21)12-11-13-7-4-3-5-8-13/h3-5,7-8,11-12H,2,6,9-10H2,1H3,(H,20,21)/b12-11-. The Balaban J connectivity index is 1.78. The second-order valence-electron chi connectivity index (χ2n) is 5.52. The summed E-state index contributed by atoms with van der Waals surface area (Å²) in [4.78, 5) is 25.6. The Bertz CT molecular complexity index is 777. The Morgan fingerprint density at radius 3 is 2.79 bits per heavy atom. The average molecular weight is 341 g/mol. The molecular weight excluding hydrogens is 322 g/mol. The SMILES string of the molecule is CCOC(=O)c1c(NC(=O)/C=C\c2ccccc2)sc2c1CCC2. The highest BCUT2D eigenvalue weighted by Crippen LogP contribution is 2.39. The van der Waals surface area contributed by atoms with Crippen LogP contribution in [0.4, 0.5) is 5.00 Å². The van der Waals surface area contributed by atoms with Crippen molar-refractivity contribution in [3.05, 3.63) is 58.0 Å². The van der Waals surface area contributed by atoms with Crippen molar-refractivity contribution >= 4 is 34.3 Å². The molecule has 3 rings (SSSR count). The Hall–Kier alpha value is -2.40. The van der Waals surface area contributed by atoms with E-state index in [-0.39, 0.29) is 11.9 Å². The van der Waals surface area contributed by atoms with Gasteiger partial charge in [-0.15, -0.1) is 11.3 Å². The van der Waals surface area contributed by atoms with Crippen molar-refractivity contribution in [3.8, 4) is 0 Å². The van der Waals surface area contributed by atoms with E-state index in [4.69, 9.17) is 4.74 Å². The van der Waals surface area contributed by atoms with Gasteiger partial charge >= 0.3 is 5.97 Å². The van der Waals surface area contributed by atoms with E-state index in [1.807, 2.05) is 30.3 Å². The molecule has 1 aliphatic carbocycles. The van der Waals surface area contributed by atoms with Crippen molar-refractivity contribution in [2.75, 3.05) is 11.9 Å². The topological polar surface area (TPSA) is 55.4 Å². The molecule has 5 heteroatoms. The van der Waals surface area contributed by atoms with Crippen molar-refractivity contribution < 1.29 is 14.3 Å². The molecule has 24 heavy (non-hydrogen) atoms. The van der Waals surface area contributed by atoms with E-state index >= 15 is 0 Å². The molecule has 0 atom stereocenters. The van der Waals surface area contributed by atoms with Crippen LogP contribution >= 0.6 is 11.3 Å². The molecule has 0 aliphatic heterocycles. The Labute approximate surface area is 145 Å². The number of hydrogen-bond donors (Lipinski definition) is 1. The Morgan fingerprint density at radius 1 is 1.25 bits per heavy atom. The lowest BCUT2D eigenvalue weighted by Crippen LogP contribution is -2.13. The molecule has 1 aromatic carbocycles. The van der Waals surface area contributed by atoms with Crippen LogP contribution in [0.2, 0.25) is 0 Å². The fourth-order valence-corrected chi connectivity index (χ4v) is 4.08. The smallest absolute Gasteiger partial charge is 0.341 e. The van der Waals surface area contributed by atoms with Crippen LogP contribution in [0.5, 0.6) is 0 Å². The number of anilines is 1. The maximum atomic E-state index is 12.3. The van der Waals surface area contributed by atoms with Crippen LogP contribution in [0.25, 0.3) is 6.08 Å². The minimum atomic E-state index is -0.348. The lowest BCUT2D eigenvalue weighted by atomic mass is 10.1. The van der Waals surface area contributed by atoms with Crippen LogP contribution < -0.4 is 5.32 Å². The number of benzene rings is 1. The van der Waals surface area contributed by atoms with Crippen LogP contribution in [0, 0.1) is 0 Å². The fourth-order valence-electron chi connectivity index (χ4n) is 2.80. The molecule has 1 aliphatic rings. The minimum Gasteiger partial charge on any atom is -0.462 e. The number of thiophene rings is 1. The van der Waals surface area contributed by atoms with Crippen LogP contribution in [-0.2, 0) is 22.4 Å². The number of carbonyl (C=O) groups is 2. The first-order chi connectivity index (χ1) is 11.7. The van der Waals surface area contributed by atoms with Crippen LogP contribution in [0.15, 0.2) is 36.4 Å². The fraction of sp³-hybridized carbons (Fsp3) is 0.263. The molecular formula is C19H19NO3S. The molecule has 0 spiro atoms. The van der Waals surface area contributed by atoms with E-state index in [1.54, 1.807) is 13.0 Å². The van der Waals surface area contributed by atoms with Gasteiger partial charge in [0.05, 0.1) is 12.2 Å². The van der Waals surface area contributed by atoms with Crippen molar-refractivity contribution in [2.45, 2.75) is 26.2 Å². The van der Waals surface area contributed by atoms with Crippen molar-refractivity contribution in [1.82, 2.24) is 0 Å². The lowest BCUT2D eigenvalue weighted by Gasteiger charge is -2.06. The van der Waals surface area contributed by atoms with Gasteiger partial charge < -0.3 is 10.1 Å². The van der Waals surface area contributed by atoms with Gasteiger partial charge in [0.15, 0.2) is 0 Å². The molecule has 0 fully saturated rings. The molecule has 0 radical (unpaired) electrons. The molecule has 1 N–H and O–H groups in total. The van der Waals surface area contributed by atoms with Crippen LogP contribution in [0.1, 0.15) is 39.7 Å². The third kappa shape index (κ3) is 3.57. The first-order valence-electron chi connectivity index (χ1n) is 8.04. The van der Waals surface area contributed by atoms with Gasteiger partial charge in [0.2, 0.25) is 5.91 Å². The van der Waals surface area contributed by atoms with Gasteiger partial charge in [0.1, 0.15) is 5.00 Å². The minimum absolute atomic E-state index is 0.246. The predicted molar refractivity (Wildman–Crippen MR) is 96.4 cm³/mol. The summed E-state index contributed by atoms with van der Waals surface area (Å²) >= 11 is 1.49. The van der Waals surface area contributed by atoms with Crippen molar-refractivity contribution in [1.29, 1.82) is 0 Å². The van der Waals surface area contributed by atoms with Gasteiger partial charge in [0, 0.05) is 11.0 Å². The van der Waals surface area contributed by atoms with Crippen LogP contribution in [0.3, 0.4) is 0 Å². The van der Waals surface area contributed by atoms with Gasteiger partial charge in [-0.05, 0) is 43.4 Å². The molecule has 4 nitrogen and oxygen atoms in total. The molecule has 1 aromatic heterocycles. The third-order valence-electron chi connectivity index (χ3n) is 3.86. The number of amides is 1. The van der Waals surface area contributed by atoms with Gasteiger partial charge in [0.25, 0.3) is 0 Å². The highest BCUT2D eigenvalue weighted by molar-refractivity contribution is 7.17. The summed E-state index contributed by atoms with van der Waals surface area (Å²) in [5, 5.41) is 3.44. The van der Waals surface area contributed by atoms with E-state index in [2.05, 4.69) is 5.32 Å². The molecule has 1 heterocycles. The maximum absolute atomic E-state index is 12.3. The van der Waals surface area contributed by atoms with Crippen molar-refractivity contribution in [2.24, 2.45) is 0 Å². The van der Waals surface area contributed by atoms with E-state index < -0.39 is 0 Å². The number of carbonyl (C=O) groups excluding carboxylic acids is 2. The predicted octanol–water partition coefficient (Wildman–Crippen LogP) is 4.07. The quantitative estimate of drug-likeness (QED) is 0.659. The third-order valence-corrected chi connectivity index (χ3v) is 5.07. The zero-order chi connectivity index (χ0) is 16.9. The second-order valence-corrected chi connectivity index (χ2v) is 6.62. The Morgan fingerprint density at radius 2 is 2.04 bits per heavy atom. The summed E-state index contributed by atoms with van der Waals surface area (Å²) in [6.07, 6.45) is 6.11. The van der Waals surface area contributed by atoms with E-state index in [9.17, 15) is 9.59 Å². The molecule has 2 aromatic rings.